The zero-order valence-electron chi connectivity index (χ0n) is 17.7. The Labute approximate surface area is 194 Å². The maximum Gasteiger partial charge on any atom is 0.251 e. The SMILES string of the molecule is O=C(C1CCCO1)N1CCCC(CNc2cc(-c3ccccc3O)nc3c(Br)cnn23)C1. The van der Waals surface area contributed by atoms with E-state index < -0.39 is 0 Å². The first-order valence-electron chi connectivity index (χ1n) is 11.1. The minimum absolute atomic E-state index is 0.136. The van der Waals surface area contributed by atoms with Crippen LogP contribution in [-0.2, 0) is 9.53 Å². The molecular formula is C23H26BrN5O3. The number of rotatable bonds is 5. The van der Waals surface area contributed by atoms with E-state index in [-0.39, 0.29) is 17.8 Å². The first-order chi connectivity index (χ1) is 15.6. The Hall–Kier alpha value is -2.65. The largest absolute Gasteiger partial charge is 0.507 e. The summed E-state index contributed by atoms with van der Waals surface area (Å²) in [5, 5.41) is 18.3. The molecule has 1 amide bonds. The second-order valence-electron chi connectivity index (χ2n) is 8.45. The molecule has 3 aromatic rings. The number of ether oxygens (including phenoxy) is 1. The third kappa shape index (κ3) is 4.19. The molecule has 0 bridgehead atoms. The second kappa shape index (κ2) is 9.07. The summed E-state index contributed by atoms with van der Waals surface area (Å²) in [4.78, 5) is 19.4. The normalized spacial score (nSPS) is 21.2. The fraction of sp³-hybridized carbons (Fsp3) is 0.435. The van der Waals surface area contributed by atoms with Gasteiger partial charge in [-0.3, -0.25) is 4.79 Å². The average Bonchev–Trinajstić information content (AvgIpc) is 3.48. The molecule has 9 heteroatoms. The molecule has 2 aliphatic heterocycles. The van der Waals surface area contributed by atoms with E-state index in [1.165, 1.54) is 0 Å². The summed E-state index contributed by atoms with van der Waals surface area (Å²) >= 11 is 3.52. The topological polar surface area (TPSA) is 92.0 Å². The molecule has 5 rings (SSSR count). The molecule has 2 saturated heterocycles. The molecule has 168 valence electrons. The van der Waals surface area contributed by atoms with Gasteiger partial charge in [-0.2, -0.15) is 9.61 Å². The van der Waals surface area contributed by atoms with Crippen molar-refractivity contribution in [3.8, 4) is 17.0 Å². The summed E-state index contributed by atoms with van der Waals surface area (Å²) in [6.07, 6.45) is 5.30. The van der Waals surface area contributed by atoms with Gasteiger partial charge in [-0.05, 0) is 59.7 Å². The molecule has 2 atom stereocenters. The molecule has 2 N–H and O–H groups in total. The molecule has 8 nitrogen and oxygen atoms in total. The molecule has 0 saturated carbocycles. The van der Waals surface area contributed by atoms with E-state index >= 15 is 0 Å². The Morgan fingerprint density at radius 2 is 2.16 bits per heavy atom. The Kier molecular flexibility index (Phi) is 6.01. The summed E-state index contributed by atoms with van der Waals surface area (Å²) < 4.78 is 8.13. The quantitative estimate of drug-likeness (QED) is 0.556. The van der Waals surface area contributed by atoms with Crippen molar-refractivity contribution in [3.05, 3.63) is 41.0 Å². The first-order valence-corrected chi connectivity index (χ1v) is 11.9. The number of aromatic hydroxyl groups is 1. The van der Waals surface area contributed by atoms with Crippen LogP contribution in [0.5, 0.6) is 5.75 Å². The Bertz CT molecular complexity index is 1130. The third-order valence-electron chi connectivity index (χ3n) is 6.22. The van der Waals surface area contributed by atoms with Crippen LogP contribution >= 0.6 is 15.9 Å². The number of carbonyl (C=O) groups excluding carboxylic acids is 1. The number of phenols is 1. The predicted molar refractivity (Wildman–Crippen MR) is 125 cm³/mol. The van der Waals surface area contributed by atoms with Crippen LogP contribution in [0.2, 0.25) is 0 Å². The number of hydrogen-bond donors (Lipinski definition) is 2. The average molecular weight is 500 g/mol. The summed E-state index contributed by atoms with van der Waals surface area (Å²) in [6, 6.07) is 9.07. The highest BCUT2D eigenvalue weighted by Crippen LogP contribution is 2.31. The molecule has 32 heavy (non-hydrogen) atoms. The molecule has 2 unspecified atom stereocenters. The number of piperidine rings is 1. The fourth-order valence-corrected chi connectivity index (χ4v) is 4.90. The molecule has 2 fully saturated rings. The number of likely N-dealkylation sites (tertiary alicyclic amines) is 1. The summed E-state index contributed by atoms with van der Waals surface area (Å²) in [5.74, 6) is 1.45. The van der Waals surface area contributed by atoms with Crippen LogP contribution in [0, 0.1) is 5.92 Å². The lowest BCUT2D eigenvalue weighted by Gasteiger charge is -2.34. The molecular weight excluding hydrogens is 474 g/mol. The van der Waals surface area contributed by atoms with Gasteiger partial charge in [-0.25, -0.2) is 4.98 Å². The predicted octanol–water partition coefficient (Wildman–Crippen LogP) is 3.69. The Balaban J connectivity index is 1.35. The maximum absolute atomic E-state index is 12.8. The van der Waals surface area contributed by atoms with E-state index in [1.54, 1.807) is 22.8 Å². The number of fused-ring (bicyclic) bond motifs is 1. The van der Waals surface area contributed by atoms with E-state index in [2.05, 4.69) is 31.3 Å². The number of anilines is 1. The fourth-order valence-electron chi connectivity index (χ4n) is 4.55. The molecule has 2 aromatic heterocycles. The molecule has 4 heterocycles. The van der Waals surface area contributed by atoms with Crippen molar-refractivity contribution in [2.45, 2.75) is 31.8 Å². The van der Waals surface area contributed by atoms with E-state index in [4.69, 9.17) is 4.74 Å². The van der Waals surface area contributed by atoms with Crippen LogP contribution in [-0.4, -0.2) is 62.9 Å². The van der Waals surface area contributed by atoms with Crippen LogP contribution < -0.4 is 5.32 Å². The number of hydrogen-bond acceptors (Lipinski definition) is 6. The Morgan fingerprint density at radius 3 is 2.97 bits per heavy atom. The highest BCUT2D eigenvalue weighted by molar-refractivity contribution is 9.10. The van der Waals surface area contributed by atoms with Gasteiger partial charge in [0.25, 0.3) is 5.91 Å². The van der Waals surface area contributed by atoms with Crippen molar-refractivity contribution in [1.29, 1.82) is 0 Å². The van der Waals surface area contributed by atoms with Crippen LogP contribution in [0.4, 0.5) is 5.82 Å². The lowest BCUT2D eigenvalue weighted by molar-refractivity contribution is -0.142. The number of halogens is 1. The summed E-state index contributed by atoms with van der Waals surface area (Å²) in [7, 11) is 0. The van der Waals surface area contributed by atoms with Crippen molar-refractivity contribution < 1.29 is 14.6 Å². The van der Waals surface area contributed by atoms with Gasteiger partial charge < -0.3 is 20.1 Å². The third-order valence-corrected chi connectivity index (χ3v) is 6.78. The van der Waals surface area contributed by atoms with E-state index in [0.717, 1.165) is 49.1 Å². The minimum atomic E-state index is -0.260. The highest BCUT2D eigenvalue weighted by Gasteiger charge is 2.31. The van der Waals surface area contributed by atoms with Crippen LogP contribution in [0.1, 0.15) is 25.7 Å². The number of benzene rings is 1. The van der Waals surface area contributed by atoms with E-state index in [0.29, 0.717) is 36.0 Å². The van der Waals surface area contributed by atoms with Gasteiger partial charge in [-0.15, -0.1) is 0 Å². The summed E-state index contributed by atoms with van der Waals surface area (Å²) in [6.45, 7) is 2.94. The number of nitrogens with one attached hydrogen (secondary N) is 1. The molecule has 1 aromatic carbocycles. The molecule has 0 aliphatic carbocycles. The highest BCUT2D eigenvalue weighted by atomic mass is 79.9. The van der Waals surface area contributed by atoms with Gasteiger partial charge in [0.1, 0.15) is 17.7 Å². The molecule has 0 radical (unpaired) electrons. The Morgan fingerprint density at radius 1 is 1.28 bits per heavy atom. The maximum atomic E-state index is 12.8. The zero-order chi connectivity index (χ0) is 22.1. The van der Waals surface area contributed by atoms with Gasteiger partial charge in [-0.1, -0.05) is 12.1 Å². The lowest BCUT2D eigenvalue weighted by atomic mass is 9.97. The van der Waals surface area contributed by atoms with Crippen LogP contribution in [0.15, 0.2) is 41.0 Å². The number of nitrogens with zero attached hydrogens (tertiary/aromatic N) is 4. The number of aromatic nitrogens is 3. The first kappa shape index (κ1) is 21.2. The van der Waals surface area contributed by atoms with Crippen molar-refractivity contribution in [2.75, 3.05) is 31.6 Å². The lowest BCUT2D eigenvalue weighted by Crippen LogP contribution is -2.46. The van der Waals surface area contributed by atoms with Gasteiger partial charge >= 0.3 is 0 Å². The van der Waals surface area contributed by atoms with E-state index in [1.807, 2.05) is 23.1 Å². The van der Waals surface area contributed by atoms with Gasteiger partial charge in [0.05, 0.1) is 16.4 Å². The second-order valence-corrected chi connectivity index (χ2v) is 9.30. The number of carbonyl (C=O) groups is 1. The van der Waals surface area contributed by atoms with Gasteiger partial charge in [0, 0.05) is 37.9 Å². The zero-order valence-corrected chi connectivity index (χ0v) is 19.3. The van der Waals surface area contributed by atoms with Crippen molar-refractivity contribution in [3.63, 3.8) is 0 Å². The monoisotopic (exact) mass is 499 g/mol. The standard InChI is InChI=1S/C23H26BrN5O3/c24-17-13-26-29-21(11-18(27-22(17)29)16-6-1-2-7-19(16)30)25-12-15-5-3-9-28(14-15)23(31)20-8-4-10-32-20/h1-2,6-7,11,13,15,20,25,30H,3-5,8-10,12,14H2. The van der Waals surface area contributed by atoms with Crippen molar-refractivity contribution in [1.82, 2.24) is 19.5 Å². The van der Waals surface area contributed by atoms with Crippen molar-refractivity contribution >= 4 is 33.3 Å². The molecule has 0 spiro atoms. The number of amides is 1. The van der Waals surface area contributed by atoms with Crippen molar-refractivity contribution in [2.24, 2.45) is 5.92 Å². The number of phenolic OH excluding ortho intramolecular Hbond substituents is 1. The van der Waals surface area contributed by atoms with Gasteiger partial charge in [0.15, 0.2) is 5.65 Å². The smallest absolute Gasteiger partial charge is 0.251 e. The number of para-hydroxylation sites is 1. The minimum Gasteiger partial charge on any atom is -0.507 e. The van der Waals surface area contributed by atoms with Crippen LogP contribution in [0.3, 0.4) is 0 Å². The van der Waals surface area contributed by atoms with Crippen LogP contribution in [0.25, 0.3) is 16.9 Å². The molecule has 2 aliphatic rings. The summed E-state index contributed by atoms with van der Waals surface area (Å²) in [5.41, 5.74) is 2.00. The van der Waals surface area contributed by atoms with E-state index in [9.17, 15) is 9.90 Å². The van der Waals surface area contributed by atoms with Gasteiger partial charge in [0.2, 0.25) is 0 Å².